The van der Waals surface area contributed by atoms with Crippen molar-refractivity contribution < 1.29 is 0 Å². The van der Waals surface area contributed by atoms with E-state index in [-0.39, 0.29) is 6.04 Å². The number of hydrogen-bond acceptors (Lipinski definition) is 2. The van der Waals surface area contributed by atoms with Gasteiger partial charge in [0.2, 0.25) is 0 Å². The van der Waals surface area contributed by atoms with Gasteiger partial charge in [-0.3, -0.25) is 4.98 Å². The Hall–Kier alpha value is -0.890. The van der Waals surface area contributed by atoms with Crippen molar-refractivity contribution >= 4 is 0 Å². The number of nitrogens with zero attached hydrogens (tertiary/aromatic N) is 1. The average molecular weight is 218 g/mol. The molecule has 1 aliphatic carbocycles. The van der Waals surface area contributed by atoms with Crippen molar-refractivity contribution in [3.63, 3.8) is 0 Å². The molecule has 0 radical (unpaired) electrons. The van der Waals surface area contributed by atoms with E-state index in [1.165, 1.54) is 19.3 Å². The van der Waals surface area contributed by atoms with Crippen LogP contribution in [0.25, 0.3) is 0 Å². The van der Waals surface area contributed by atoms with Gasteiger partial charge in [-0.25, -0.2) is 0 Å². The molecule has 1 aromatic heterocycles. The fraction of sp³-hybridized carbons (Fsp3) is 0.643. The minimum atomic E-state index is 0.117. The number of pyridine rings is 1. The van der Waals surface area contributed by atoms with E-state index in [0.717, 1.165) is 17.5 Å². The summed E-state index contributed by atoms with van der Waals surface area (Å²) in [5.41, 5.74) is 7.38. The predicted molar refractivity (Wildman–Crippen MR) is 66.8 cm³/mol. The molecule has 0 aliphatic heterocycles. The summed E-state index contributed by atoms with van der Waals surface area (Å²) < 4.78 is 0. The zero-order valence-corrected chi connectivity index (χ0v) is 10.3. The van der Waals surface area contributed by atoms with Gasteiger partial charge >= 0.3 is 0 Å². The highest BCUT2D eigenvalue weighted by molar-refractivity contribution is 5.09. The lowest BCUT2D eigenvalue weighted by Gasteiger charge is -2.34. The van der Waals surface area contributed by atoms with E-state index in [1.807, 2.05) is 18.3 Å². The molecule has 2 rings (SSSR count). The maximum Gasteiger partial charge on any atom is 0.0573 e. The van der Waals surface area contributed by atoms with E-state index < -0.39 is 0 Å². The van der Waals surface area contributed by atoms with E-state index in [1.54, 1.807) is 0 Å². The Morgan fingerprint density at radius 1 is 1.19 bits per heavy atom. The predicted octanol–water partition coefficient (Wildman–Crippen LogP) is 3.15. The SMILES string of the molecule is CC1CC(C)CC(C(N)c2ccccn2)C1. The number of hydrogen-bond donors (Lipinski definition) is 1. The van der Waals surface area contributed by atoms with Gasteiger partial charge in [0.1, 0.15) is 0 Å². The van der Waals surface area contributed by atoms with Gasteiger partial charge < -0.3 is 5.73 Å². The van der Waals surface area contributed by atoms with Crippen LogP contribution in [-0.4, -0.2) is 4.98 Å². The molecule has 2 heteroatoms. The molecule has 1 aromatic rings. The second-order valence-corrected chi connectivity index (χ2v) is 5.46. The van der Waals surface area contributed by atoms with Gasteiger partial charge in [0.05, 0.1) is 5.69 Å². The molecule has 0 saturated heterocycles. The molecule has 2 N–H and O–H groups in total. The fourth-order valence-corrected chi connectivity index (χ4v) is 3.12. The van der Waals surface area contributed by atoms with Crippen LogP contribution >= 0.6 is 0 Å². The highest BCUT2D eigenvalue weighted by atomic mass is 14.8. The number of aromatic nitrogens is 1. The summed E-state index contributed by atoms with van der Waals surface area (Å²) in [6.07, 6.45) is 5.69. The first-order valence-corrected chi connectivity index (χ1v) is 6.33. The fourth-order valence-electron chi connectivity index (χ4n) is 3.12. The Labute approximate surface area is 98.3 Å². The maximum atomic E-state index is 6.33. The van der Waals surface area contributed by atoms with Gasteiger partial charge in [0.15, 0.2) is 0 Å². The summed E-state index contributed by atoms with van der Waals surface area (Å²) in [7, 11) is 0. The molecule has 1 aliphatic rings. The summed E-state index contributed by atoms with van der Waals surface area (Å²) in [6.45, 7) is 4.68. The van der Waals surface area contributed by atoms with Crippen molar-refractivity contribution in [3.05, 3.63) is 30.1 Å². The van der Waals surface area contributed by atoms with Gasteiger partial charge in [0.25, 0.3) is 0 Å². The van der Waals surface area contributed by atoms with Gasteiger partial charge in [-0.15, -0.1) is 0 Å². The van der Waals surface area contributed by atoms with E-state index in [9.17, 15) is 0 Å². The van der Waals surface area contributed by atoms with Crippen LogP contribution in [0.4, 0.5) is 0 Å². The lowest BCUT2D eigenvalue weighted by molar-refractivity contribution is 0.192. The van der Waals surface area contributed by atoms with E-state index in [2.05, 4.69) is 24.9 Å². The maximum absolute atomic E-state index is 6.33. The molecule has 0 aromatic carbocycles. The Kier molecular flexibility index (Phi) is 3.59. The summed E-state index contributed by atoms with van der Waals surface area (Å²) in [6, 6.07) is 6.14. The van der Waals surface area contributed by atoms with Gasteiger partial charge in [-0.1, -0.05) is 19.9 Å². The van der Waals surface area contributed by atoms with E-state index >= 15 is 0 Å². The minimum Gasteiger partial charge on any atom is -0.322 e. The van der Waals surface area contributed by atoms with E-state index in [4.69, 9.17) is 5.73 Å². The Balaban J connectivity index is 2.07. The normalized spacial score (nSPS) is 32.3. The zero-order valence-electron chi connectivity index (χ0n) is 10.3. The van der Waals surface area contributed by atoms with Gasteiger partial charge in [0, 0.05) is 12.2 Å². The summed E-state index contributed by atoms with van der Waals surface area (Å²) in [4.78, 5) is 4.38. The molecule has 3 unspecified atom stereocenters. The van der Waals surface area contributed by atoms with Gasteiger partial charge in [-0.05, 0) is 49.1 Å². The first-order valence-electron chi connectivity index (χ1n) is 6.33. The van der Waals surface area contributed by atoms with Crippen LogP contribution in [0, 0.1) is 17.8 Å². The largest absolute Gasteiger partial charge is 0.322 e. The Morgan fingerprint density at radius 3 is 2.44 bits per heavy atom. The third-order valence-corrected chi connectivity index (χ3v) is 3.75. The summed E-state index contributed by atoms with van der Waals surface area (Å²) in [5.74, 6) is 2.22. The molecule has 1 heterocycles. The number of rotatable bonds is 2. The first kappa shape index (κ1) is 11.6. The third kappa shape index (κ3) is 2.62. The van der Waals surface area contributed by atoms with Crippen LogP contribution in [0.2, 0.25) is 0 Å². The second-order valence-electron chi connectivity index (χ2n) is 5.46. The molecule has 3 atom stereocenters. The smallest absolute Gasteiger partial charge is 0.0573 e. The molecule has 1 fully saturated rings. The molecule has 1 saturated carbocycles. The molecule has 0 spiro atoms. The second kappa shape index (κ2) is 4.96. The topological polar surface area (TPSA) is 38.9 Å². The van der Waals surface area contributed by atoms with Crippen molar-refractivity contribution in [1.29, 1.82) is 0 Å². The molecular weight excluding hydrogens is 196 g/mol. The van der Waals surface area contributed by atoms with Crippen LogP contribution in [0.1, 0.15) is 44.8 Å². The highest BCUT2D eigenvalue weighted by Gasteiger charge is 2.29. The lowest BCUT2D eigenvalue weighted by atomic mass is 9.73. The number of nitrogens with two attached hydrogens (primary N) is 1. The summed E-state index contributed by atoms with van der Waals surface area (Å²) in [5, 5.41) is 0. The molecule has 88 valence electrons. The molecule has 2 nitrogen and oxygen atoms in total. The minimum absolute atomic E-state index is 0.117. The molecule has 16 heavy (non-hydrogen) atoms. The van der Waals surface area contributed by atoms with Crippen molar-refractivity contribution in [1.82, 2.24) is 4.98 Å². The monoisotopic (exact) mass is 218 g/mol. The van der Waals surface area contributed by atoms with Gasteiger partial charge in [-0.2, -0.15) is 0 Å². The van der Waals surface area contributed by atoms with Crippen LogP contribution < -0.4 is 5.73 Å². The van der Waals surface area contributed by atoms with Crippen LogP contribution in [-0.2, 0) is 0 Å². The standard InChI is InChI=1S/C14H22N2/c1-10-7-11(2)9-12(8-10)14(15)13-5-3-4-6-16-13/h3-6,10-12,14H,7-9,15H2,1-2H3. The highest BCUT2D eigenvalue weighted by Crippen LogP contribution is 2.38. The van der Waals surface area contributed by atoms with Crippen molar-refractivity contribution in [3.8, 4) is 0 Å². The lowest BCUT2D eigenvalue weighted by Crippen LogP contribution is -2.29. The van der Waals surface area contributed by atoms with Crippen molar-refractivity contribution in [2.24, 2.45) is 23.5 Å². The third-order valence-electron chi connectivity index (χ3n) is 3.75. The van der Waals surface area contributed by atoms with E-state index in [0.29, 0.717) is 5.92 Å². The molecule has 0 bridgehead atoms. The first-order chi connectivity index (χ1) is 7.66. The molecular formula is C14H22N2. The van der Waals surface area contributed by atoms with Crippen LogP contribution in [0.15, 0.2) is 24.4 Å². The van der Waals surface area contributed by atoms with Crippen molar-refractivity contribution in [2.45, 2.75) is 39.2 Å². The van der Waals surface area contributed by atoms with Crippen LogP contribution in [0.5, 0.6) is 0 Å². The molecule has 0 amide bonds. The zero-order chi connectivity index (χ0) is 11.5. The van der Waals surface area contributed by atoms with Crippen LogP contribution in [0.3, 0.4) is 0 Å². The quantitative estimate of drug-likeness (QED) is 0.828. The summed E-state index contributed by atoms with van der Waals surface area (Å²) >= 11 is 0. The van der Waals surface area contributed by atoms with Crippen molar-refractivity contribution in [2.75, 3.05) is 0 Å². The Morgan fingerprint density at radius 2 is 1.88 bits per heavy atom. The average Bonchev–Trinajstić information content (AvgIpc) is 2.28. The Bertz CT molecular complexity index is 313.